The molecule has 0 aromatic carbocycles. The lowest BCUT2D eigenvalue weighted by Crippen LogP contribution is -2.50. The molecule has 0 saturated carbocycles. The number of nitrogens with zero attached hydrogens (tertiary/aromatic N) is 4. The van der Waals surface area contributed by atoms with Gasteiger partial charge in [-0.15, -0.1) is 12.4 Å². The molecule has 0 spiro atoms. The minimum Gasteiger partial charge on any atom is -0.341 e. The number of aryl methyl sites for hydroxylation is 2. The molecule has 22 heavy (non-hydrogen) atoms. The van der Waals surface area contributed by atoms with Gasteiger partial charge in [0.05, 0.1) is 6.04 Å². The standard InChI is InChI=1S/C15H27N5O.ClH/c1-10(2)14(16)15(21)19-7-5-6-13(8-19)9-20-12(4)17-11(3)18-20;/h10,13-14H,5-9,16H2,1-4H3;1H/t13?,14-;/m0./s1. The number of rotatable bonds is 4. The number of carbonyl (C=O) groups excluding carboxylic acids is 1. The molecule has 7 heteroatoms. The molecule has 2 atom stereocenters. The monoisotopic (exact) mass is 329 g/mol. The van der Waals surface area contributed by atoms with E-state index in [2.05, 4.69) is 10.1 Å². The maximum Gasteiger partial charge on any atom is 0.239 e. The Bertz CT molecular complexity index is 502. The van der Waals surface area contributed by atoms with E-state index in [1.54, 1.807) is 0 Å². The number of piperidine rings is 1. The molecular formula is C15H28ClN5O. The van der Waals surface area contributed by atoms with Crippen molar-refractivity contribution in [3.63, 3.8) is 0 Å². The lowest BCUT2D eigenvalue weighted by Gasteiger charge is -2.35. The summed E-state index contributed by atoms with van der Waals surface area (Å²) in [5.41, 5.74) is 6.00. The number of amides is 1. The first kappa shape index (κ1) is 18.9. The molecule has 0 aliphatic carbocycles. The second-order valence-corrected chi connectivity index (χ2v) is 6.45. The van der Waals surface area contributed by atoms with Gasteiger partial charge in [0.25, 0.3) is 0 Å². The van der Waals surface area contributed by atoms with Crippen LogP contribution in [0.2, 0.25) is 0 Å². The van der Waals surface area contributed by atoms with Gasteiger partial charge in [-0.25, -0.2) is 9.67 Å². The second kappa shape index (κ2) is 7.92. The summed E-state index contributed by atoms with van der Waals surface area (Å²) >= 11 is 0. The van der Waals surface area contributed by atoms with E-state index in [1.165, 1.54) is 0 Å². The van der Waals surface area contributed by atoms with Gasteiger partial charge < -0.3 is 10.6 Å². The molecule has 1 fully saturated rings. The average Bonchev–Trinajstić information content (AvgIpc) is 2.75. The zero-order chi connectivity index (χ0) is 15.6. The predicted molar refractivity (Wildman–Crippen MR) is 88.9 cm³/mol. The van der Waals surface area contributed by atoms with Crippen molar-refractivity contribution in [1.82, 2.24) is 19.7 Å². The van der Waals surface area contributed by atoms with Crippen LogP contribution in [-0.4, -0.2) is 44.7 Å². The van der Waals surface area contributed by atoms with Crippen LogP contribution >= 0.6 is 12.4 Å². The summed E-state index contributed by atoms with van der Waals surface area (Å²) in [5.74, 6) is 2.44. The van der Waals surface area contributed by atoms with E-state index < -0.39 is 0 Å². The number of nitrogens with two attached hydrogens (primary N) is 1. The fourth-order valence-corrected chi connectivity index (χ4v) is 2.89. The Balaban J connectivity index is 0.00000242. The van der Waals surface area contributed by atoms with Crippen LogP contribution in [0.15, 0.2) is 0 Å². The first-order chi connectivity index (χ1) is 9.88. The molecule has 1 aromatic heterocycles. The first-order valence-electron chi connectivity index (χ1n) is 7.81. The zero-order valence-electron chi connectivity index (χ0n) is 14.0. The molecule has 2 rings (SSSR count). The highest BCUT2D eigenvalue weighted by Crippen LogP contribution is 2.20. The molecule has 6 nitrogen and oxygen atoms in total. The number of aromatic nitrogens is 3. The Hall–Kier alpha value is -1.14. The van der Waals surface area contributed by atoms with Gasteiger partial charge in [-0.05, 0) is 38.5 Å². The van der Waals surface area contributed by atoms with E-state index in [1.807, 2.05) is 37.3 Å². The second-order valence-electron chi connectivity index (χ2n) is 6.45. The van der Waals surface area contributed by atoms with E-state index in [9.17, 15) is 4.79 Å². The minimum absolute atomic E-state index is 0. The Kier molecular flexibility index (Phi) is 6.81. The fourth-order valence-electron chi connectivity index (χ4n) is 2.89. The normalized spacial score (nSPS) is 19.9. The summed E-state index contributed by atoms with van der Waals surface area (Å²) in [4.78, 5) is 18.6. The smallest absolute Gasteiger partial charge is 0.239 e. The van der Waals surface area contributed by atoms with E-state index in [0.29, 0.717) is 5.92 Å². The maximum absolute atomic E-state index is 12.4. The molecule has 1 unspecified atom stereocenters. The molecule has 1 saturated heterocycles. The van der Waals surface area contributed by atoms with Crippen molar-refractivity contribution >= 4 is 18.3 Å². The highest BCUT2D eigenvalue weighted by atomic mass is 35.5. The first-order valence-corrected chi connectivity index (χ1v) is 7.81. The molecule has 1 aromatic rings. The van der Waals surface area contributed by atoms with Gasteiger partial charge in [-0.1, -0.05) is 13.8 Å². The molecule has 1 amide bonds. The average molecular weight is 330 g/mol. The SMILES string of the molecule is Cc1nc(C)n(CC2CCCN(C(=O)[C@@H](N)C(C)C)C2)n1.Cl. The zero-order valence-corrected chi connectivity index (χ0v) is 14.8. The van der Waals surface area contributed by atoms with Crippen molar-refractivity contribution in [2.24, 2.45) is 17.6 Å². The molecule has 2 N–H and O–H groups in total. The Morgan fingerprint density at radius 1 is 1.41 bits per heavy atom. The molecule has 126 valence electrons. The summed E-state index contributed by atoms with van der Waals surface area (Å²) in [5, 5.41) is 4.41. The number of halogens is 1. The topological polar surface area (TPSA) is 77.0 Å². The van der Waals surface area contributed by atoms with Crippen LogP contribution in [0.25, 0.3) is 0 Å². The summed E-state index contributed by atoms with van der Waals surface area (Å²) in [6, 6.07) is -0.390. The third-order valence-electron chi connectivity index (χ3n) is 4.23. The third kappa shape index (κ3) is 4.43. The fraction of sp³-hybridized carbons (Fsp3) is 0.800. The van der Waals surface area contributed by atoms with Crippen LogP contribution < -0.4 is 5.73 Å². The number of hydrogen-bond donors (Lipinski definition) is 1. The number of hydrogen-bond acceptors (Lipinski definition) is 4. The van der Waals surface area contributed by atoms with E-state index >= 15 is 0 Å². The van der Waals surface area contributed by atoms with E-state index in [-0.39, 0.29) is 30.3 Å². The van der Waals surface area contributed by atoms with Gasteiger partial charge in [0.1, 0.15) is 11.6 Å². The largest absolute Gasteiger partial charge is 0.341 e. The van der Waals surface area contributed by atoms with Gasteiger partial charge in [-0.3, -0.25) is 4.79 Å². The van der Waals surface area contributed by atoms with Crippen LogP contribution in [0.4, 0.5) is 0 Å². The van der Waals surface area contributed by atoms with Crippen LogP contribution in [0.3, 0.4) is 0 Å². The van der Waals surface area contributed by atoms with Crippen molar-refractivity contribution in [3.05, 3.63) is 11.6 Å². The summed E-state index contributed by atoms with van der Waals surface area (Å²) in [6.45, 7) is 10.3. The minimum atomic E-state index is -0.390. The number of carbonyl (C=O) groups is 1. The van der Waals surface area contributed by atoms with Gasteiger partial charge in [0.2, 0.25) is 5.91 Å². The summed E-state index contributed by atoms with van der Waals surface area (Å²) in [6.07, 6.45) is 2.16. The van der Waals surface area contributed by atoms with Crippen molar-refractivity contribution in [1.29, 1.82) is 0 Å². The maximum atomic E-state index is 12.4. The summed E-state index contributed by atoms with van der Waals surface area (Å²) in [7, 11) is 0. The quantitative estimate of drug-likeness (QED) is 0.909. The van der Waals surface area contributed by atoms with Gasteiger partial charge in [-0.2, -0.15) is 5.10 Å². The summed E-state index contributed by atoms with van der Waals surface area (Å²) < 4.78 is 1.95. The Morgan fingerprint density at radius 3 is 2.64 bits per heavy atom. The van der Waals surface area contributed by atoms with E-state index in [4.69, 9.17) is 5.73 Å². The highest BCUT2D eigenvalue weighted by molar-refractivity contribution is 5.85. The van der Waals surface area contributed by atoms with Crippen molar-refractivity contribution in [2.45, 2.75) is 53.1 Å². The van der Waals surface area contributed by atoms with Crippen LogP contribution in [0, 0.1) is 25.7 Å². The van der Waals surface area contributed by atoms with E-state index in [0.717, 1.165) is 44.1 Å². The van der Waals surface area contributed by atoms with Crippen LogP contribution in [0.5, 0.6) is 0 Å². The number of likely N-dealkylation sites (tertiary alicyclic amines) is 1. The van der Waals surface area contributed by atoms with Crippen molar-refractivity contribution < 1.29 is 4.79 Å². The molecule has 2 heterocycles. The lowest BCUT2D eigenvalue weighted by molar-refractivity contribution is -0.135. The molecule has 0 bridgehead atoms. The van der Waals surface area contributed by atoms with Crippen molar-refractivity contribution in [2.75, 3.05) is 13.1 Å². The van der Waals surface area contributed by atoms with Crippen LogP contribution in [-0.2, 0) is 11.3 Å². The molecular weight excluding hydrogens is 302 g/mol. The van der Waals surface area contributed by atoms with Gasteiger partial charge in [0, 0.05) is 19.6 Å². The Labute approximate surface area is 138 Å². The van der Waals surface area contributed by atoms with Crippen molar-refractivity contribution in [3.8, 4) is 0 Å². The predicted octanol–water partition coefficient (Wildman–Crippen LogP) is 1.54. The third-order valence-corrected chi connectivity index (χ3v) is 4.23. The molecule has 1 aliphatic heterocycles. The highest BCUT2D eigenvalue weighted by Gasteiger charge is 2.28. The molecule has 0 radical (unpaired) electrons. The van der Waals surface area contributed by atoms with Gasteiger partial charge in [0.15, 0.2) is 0 Å². The van der Waals surface area contributed by atoms with Gasteiger partial charge >= 0.3 is 0 Å². The Morgan fingerprint density at radius 2 is 2.09 bits per heavy atom. The molecule has 1 aliphatic rings. The lowest BCUT2D eigenvalue weighted by atomic mass is 9.96. The van der Waals surface area contributed by atoms with Crippen LogP contribution in [0.1, 0.15) is 38.3 Å².